The third-order valence-corrected chi connectivity index (χ3v) is 4.91. The lowest BCUT2D eigenvalue weighted by molar-refractivity contribution is 0.212. The van der Waals surface area contributed by atoms with Crippen LogP contribution in [0.2, 0.25) is 0 Å². The van der Waals surface area contributed by atoms with Crippen molar-refractivity contribution in [2.24, 2.45) is 0 Å². The molecule has 4 aromatic rings. The van der Waals surface area contributed by atoms with Gasteiger partial charge in [-0.05, 0) is 56.4 Å². The van der Waals surface area contributed by atoms with Gasteiger partial charge in [-0.3, -0.25) is 0 Å². The molecular formula is C21H24N4O. The van der Waals surface area contributed by atoms with Crippen LogP contribution < -0.4 is 5.32 Å². The quantitative estimate of drug-likeness (QED) is 0.418. The van der Waals surface area contributed by atoms with Gasteiger partial charge >= 0.3 is 0 Å². The second-order valence-electron chi connectivity index (χ2n) is 7.09. The average Bonchev–Trinajstić information content (AvgIpc) is 2.94. The van der Waals surface area contributed by atoms with Crippen molar-refractivity contribution in [2.75, 3.05) is 32.5 Å². The van der Waals surface area contributed by atoms with Crippen molar-refractivity contribution in [2.45, 2.75) is 13.3 Å². The zero-order chi connectivity index (χ0) is 18.3. The van der Waals surface area contributed by atoms with Crippen LogP contribution in [0.1, 0.15) is 12.0 Å². The van der Waals surface area contributed by atoms with Crippen molar-refractivity contribution in [3.8, 4) is 0 Å². The van der Waals surface area contributed by atoms with Crippen LogP contribution in [0, 0.1) is 6.92 Å². The highest BCUT2D eigenvalue weighted by Crippen LogP contribution is 2.38. The molecule has 0 spiro atoms. The first-order chi connectivity index (χ1) is 12.6. The van der Waals surface area contributed by atoms with Gasteiger partial charge in [-0.25, -0.2) is 4.98 Å². The summed E-state index contributed by atoms with van der Waals surface area (Å²) in [6.45, 7) is 3.85. The number of pyridine rings is 1. The van der Waals surface area contributed by atoms with E-state index >= 15 is 0 Å². The van der Waals surface area contributed by atoms with Crippen molar-refractivity contribution < 1.29 is 5.21 Å². The molecule has 0 amide bonds. The van der Waals surface area contributed by atoms with Crippen LogP contribution in [-0.2, 0) is 0 Å². The number of fused-ring (bicyclic) bond motifs is 5. The van der Waals surface area contributed by atoms with Gasteiger partial charge in [-0.1, -0.05) is 30.3 Å². The molecule has 4 rings (SSSR count). The van der Waals surface area contributed by atoms with Crippen LogP contribution in [0.25, 0.3) is 32.6 Å². The molecule has 0 saturated heterocycles. The second kappa shape index (κ2) is 6.50. The second-order valence-corrected chi connectivity index (χ2v) is 7.09. The number of hydrogen-bond acceptors (Lipinski definition) is 4. The Morgan fingerprint density at radius 1 is 1.12 bits per heavy atom. The van der Waals surface area contributed by atoms with Gasteiger partial charge in [-0.15, -0.1) is 0 Å². The molecule has 5 heteroatoms. The highest BCUT2D eigenvalue weighted by Gasteiger charge is 2.18. The minimum absolute atomic E-state index is 0.811. The first kappa shape index (κ1) is 16.7. The molecule has 2 N–H and O–H groups in total. The van der Waals surface area contributed by atoms with Crippen LogP contribution in [0.4, 0.5) is 5.82 Å². The van der Waals surface area contributed by atoms with Gasteiger partial charge in [-0.2, -0.15) is 4.73 Å². The molecule has 2 aromatic heterocycles. The lowest BCUT2D eigenvalue weighted by atomic mass is 10.0. The smallest absolute Gasteiger partial charge is 0.136 e. The normalized spacial score (nSPS) is 11.8. The van der Waals surface area contributed by atoms with Crippen molar-refractivity contribution in [3.05, 3.63) is 48.2 Å². The zero-order valence-corrected chi connectivity index (χ0v) is 15.5. The first-order valence-corrected chi connectivity index (χ1v) is 8.97. The topological polar surface area (TPSA) is 53.3 Å². The summed E-state index contributed by atoms with van der Waals surface area (Å²) < 4.78 is 1.30. The van der Waals surface area contributed by atoms with Crippen LogP contribution in [0.3, 0.4) is 0 Å². The van der Waals surface area contributed by atoms with E-state index in [0.29, 0.717) is 0 Å². The summed E-state index contributed by atoms with van der Waals surface area (Å²) >= 11 is 0. The van der Waals surface area contributed by atoms with E-state index in [2.05, 4.69) is 47.5 Å². The summed E-state index contributed by atoms with van der Waals surface area (Å²) in [5.41, 5.74) is 2.59. The van der Waals surface area contributed by atoms with Gasteiger partial charge in [0.05, 0.1) is 16.4 Å². The van der Waals surface area contributed by atoms with E-state index in [1.165, 1.54) is 4.73 Å². The number of benzene rings is 2. The molecule has 0 radical (unpaired) electrons. The predicted molar refractivity (Wildman–Crippen MR) is 108 cm³/mol. The minimum Gasteiger partial charge on any atom is -0.428 e. The molecule has 5 nitrogen and oxygen atoms in total. The van der Waals surface area contributed by atoms with Crippen LogP contribution in [0.5, 0.6) is 0 Å². The van der Waals surface area contributed by atoms with E-state index < -0.39 is 0 Å². The molecule has 2 aromatic carbocycles. The maximum atomic E-state index is 10.8. The molecule has 0 fully saturated rings. The van der Waals surface area contributed by atoms with Crippen molar-refractivity contribution in [1.29, 1.82) is 0 Å². The molecule has 0 saturated carbocycles. The first-order valence-electron chi connectivity index (χ1n) is 8.97. The van der Waals surface area contributed by atoms with E-state index in [1.54, 1.807) is 0 Å². The van der Waals surface area contributed by atoms with Crippen LogP contribution in [-0.4, -0.2) is 47.0 Å². The maximum Gasteiger partial charge on any atom is 0.136 e. The Labute approximate surface area is 152 Å². The van der Waals surface area contributed by atoms with E-state index in [9.17, 15) is 5.21 Å². The SMILES string of the molecule is Cc1cnc(NCCCN(C)C)c2c3c4ccccc4ccc3n(O)c12. The van der Waals surface area contributed by atoms with Crippen molar-refractivity contribution >= 4 is 38.4 Å². The summed E-state index contributed by atoms with van der Waals surface area (Å²) in [5.74, 6) is 0.832. The van der Waals surface area contributed by atoms with Crippen LogP contribution >= 0.6 is 0 Å². The highest BCUT2D eigenvalue weighted by molar-refractivity contribution is 6.23. The lowest BCUT2D eigenvalue weighted by Crippen LogP contribution is -2.16. The lowest BCUT2D eigenvalue weighted by Gasteiger charge is -2.11. The molecular weight excluding hydrogens is 324 g/mol. The third kappa shape index (κ3) is 2.65. The van der Waals surface area contributed by atoms with Gasteiger partial charge < -0.3 is 15.4 Å². The molecule has 2 heterocycles. The molecule has 0 aliphatic carbocycles. The van der Waals surface area contributed by atoms with E-state index in [4.69, 9.17) is 0 Å². The van der Waals surface area contributed by atoms with Gasteiger partial charge in [0.15, 0.2) is 0 Å². The monoisotopic (exact) mass is 348 g/mol. The Morgan fingerprint density at radius 3 is 2.73 bits per heavy atom. The van der Waals surface area contributed by atoms with Crippen molar-refractivity contribution in [1.82, 2.24) is 14.6 Å². The fourth-order valence-electron chi connectivity index (χ4n) is 3.66. The number of hydrogen-bond donors (Lipinski definition) is 2. The maximum absolute atomic E-state index is 10.8. The molecule has 0 atom stereocenters. The molecule has 0 unspecified atom stereocenters. The van der Waals surface area contributed by atoms with Gasteiger partial charge in [0.2, 0.25) is 0 Å². The summed E-state index contributed by atoms with van der Waals surface area (Å²) in [7, 11) is 4.15. The molecule has 26 heavy (non-hydrogen) atoms. The predicted octanol–water partition coefficient (Wildman–Crippen LogP) is 4.25. The van der Waals surface area contributed by atoms with E-state index in [0.717, 1.165) is 63.5 Å². The molecule has 0 bridgehead atoms. The average molecular weight is 348 g/mol. The summed E-state index contributed by atoms with van der Waals surface area (Å²) in [4.78, 5) is 6.82. The standard InChI is InChI=1S/C21H24N4O/c1-14-13-23-21(22-11-6-12-24(2)3)19-18-16-8-5-4-7-15(16)9-10-17(18)25(26)20(14)19/h4-5,7-10,13,26H,6,11-12H2,1-3H3,(H,22,23). The van der Waals surface area contributed by atoms with Gasteiger partial charge in [0.1, 0.15) is 5.82 Å². The van der Waals surface area contributed by atoms with E-state index in [-0.39, 0.29) is 0 Å². The summed E-state index contributed by atoms with van der Waals surface area (Å²) in [6.07, 6.45) is 2.85. The number of anilines is 1. The minimum atomic E-state index is 0.811. The number of nitrogens with zero attached hydrogens (tertiary/aromatic N) is 3. The Morgan fingerprint density at radius 2 is 1.92 bits per heavy atom. The molecule has 134 valence electrons. The number of aryl methyl sites for hydroxylation is 1. The fraction of sp³-hybridized carbons (Fsp3) is 0.286. The zero-order valence-electron chi connectivity index (χ0n) is 15.5. The highest BCUT2D eigenvalue weighted by atomic mass is 16.5. The van der Waals surface area contributed by atoms with Crippen molar-refractivity contribution in [3.63, 3.8) is 0 Å². The Balaban J connectivity index is 1.94. The number of rotatable bonds is 5. The third-order valence-electron chi connectivity index (χ3n) is 4.91. The Bertz CT molecular complexity index is 1100. The molecule has 0 aliphatic rings. The fourth-order valence-corrected chi connectivity index (χ4v) is 3.66. The van der Waals surface area contributed by atoms with Gasteiger partial charge in [0, 0.05) is 18.1 Å². The number of nitrogens with one attached hydrogen (secondary N) is 1. The van der Waals surface area contributed by atoms with Gasteiger partial charge in [0.25, 0.3) is 0 Å². The molecule has 0 aliphatic heterocycles. The largest absolute Gasteiger partial charge is 0.428 e. The van der Waals surface area contributed by atoms with Crippen LogP contribution in [0.15, 0.2) is 42.6 Å². The summed E-state index contributed by atoms with van der Waals surface area (Å²) in [5, 5.41) is 18.6. The Kier molecular flexibility index (Phi) is 4.17. The summed E-state index contributed by atoms with van der Waals surface area (Å²) in [6, 6.07) is 12.3. The number of aromatic nitrogens is 2. The van der Waals surface area contributed by atoms with E-state index in [1.807, 2.05) is 31.3 Å². The Hall–Kier alpha value is -2.79.